The minimum absolute atomic E-state index is 0. The standard InChI is InChI=1S/C11H8N4OS.ClH/c12-4-5-7-6-2-1-3-15(6)9(13)8(7)10(14)17-11(5)16;/h1-3,7,14,16H,13H2;1H. The molecule has 18 heavy (non-hydrogen) atoms. The van der Waals surface area contributed by atoms with E-state index in [4.69, 9.17) is 16.4 Å². The minimum atomic E-state index is -0.399. The molecule has 5 nitrogen and oxygen atoms in total. The Labute approximate surface area is 114 Å². The smallest absolute Gasteiger partial charge is 0.171 e. The number of halogens is 1. The zero-order chi connectivity index (χ0) is 12.2. The van der Waals surface area contributed by atoms with Crippen molar-refractivity contribution in [1.82, 2.24) is 4.57 Å². The molecule has 1 unspecified atom stereocenters. The van der Waals surface area contributed by atoms with E-state index in [0.29, 0.717) is 11.4 Å². The molecule has 0 aromatic carbocycles. The summed E-state index contributed by atoms with van der Waals surface area (Å²) in [5.41, 5.74) is 7.67. The maximum Gasteiger partial charge on any atom is 0.171 e. The van der Waals surface area contributed by atoms with Gasteiger partial charge in [-0.2, -0.15) is 5.26 Å². The molecule has 1 atom stereocenters. The van der Waals surface area contributed by atoms with Gasteiger partial charge in [0, 0.05) is 17.5 Å². The molecule has 0 bridgehead atoms. The number of nitrogens with two attached hydrogens (primary N) is 1. The van der Waals surface area contributed by atoms with Gasteiger partial charge >= 0.3 is 0 Å². The van der Waals surface area contributed by atoms with E-state index >= 15 is 0 Å². The average molecular weight is 281 g/mol. The van der Waals surface area contributed by atoms with Gasteiger partial charge in [0.25, 0.3) is 0 Å². The fourth-order valence-electron chi connectivity index (χ4n) is 2.26. The molecule has 3 rings (SSSR count). The number of hydrogen-bond donors (Lipinski definition) is 3. The molecule has 0 saturated heterocycles. The van der Waals surface area contributed by atoms with Gasteiger partial charge in [-0.15, -0.1) is 12.4 Å². The molecule has 0 amide bonds. The van der Waals surface area contributed by atoms with Crippen LogP contribution in [0, 0.1) is 16.7 Å². The van der Waals surface area contributed by atoms with E-state index in [1.807, 2.05) is 18.2 Å². The van der Waals surface area contributed by atoms with E-state index in [9.17, 15) is 5.11 Å². The fourth-order valence-corrected chi connectivity index (χ4v) is 3.06. The minimum Gasteiger partial charge on any atom is -0.501 e. The fraction of sp³-hybridized carbons (Fsp3) is 0.0909. The van der Waals surface area contributed by atoms with Crippen molar-refractivity contribution in [2.75, 3.05) is 0 Å². The van der Waals surface area contributed by atoms with Crippen LogP contribution >= 0.6 is 24.2 Å². The van der Waals surface area contributed by atoms with E-state index in [2.05, 4.69) is 0 Å². The molecule has 0 saturated carbocycles. The third-order valence-electron chi connectivity index (χ3n) is 2.98. The highest BCUT2D eigenvalue weighted by Crippen LogP contribution is 2.48. The van der Waals surface area contributed by atoms with Crippen molar-refractivity contribution in [3.8, 4) is 6.07 Å². The molecule has 0 radical (unpaired) electrons. The van der Waals surface area contributed by atoms with Gasteiger partial charge in [0.15, 0.2) is 5.09 Å². The predicted octanol–water partition coefficient (Wildman–Crippen LogP) is 2.15. The van der Waals surface area contributed by atoms with Crippen LogP contribution < -0.4 is 5.73 Å². The molecule has 0 spiro atoms. The second-order valence-corrected chi connectivity index (χ2v) is 4.80. The summed E-state index contributed by atoms with van der Waals surface area (Å²) in [6, 6.07) is 5.68. The van der Waals surface area contributed by atoms with Crippen LogP contribution in [0.15, 0.2) is 34.6 Å². The Balaban J connectivity index is 0.00000120. The van der Waals surface area contributed by atoms with E-state index in [-0.39, 0.29) is 28.1 Å². The molecule has 92 valence electrons. The Hall–Kier alpha value is -1.84. The highest BCUT2D eigenvalue weighted by molar-refractivity contribution is 8.17. The van der Waals surface area contributed by atoms with Gasteiger partial charge in [0.2, 0.25) is 0 Å². The van der Waals surface area contributed by atoms with Crippen LogP contribution in [0.2, 0.25) is 0 Å². The second kappa shape index (κ2) is 4.12. The highest BCUT2D eigenvalue weighted by atomic mass is 35.5. The summed E-state index contributed by atoms with van der Waals surface area (Å²) >= 11 is 0.873. The zero-order valence-electron chi connectivity index (χ0n) is 9.04. The van der Waals surface area contributed by atoms with E-state index < -0.39 is 5.92 Å². The largest absolute Gasteiger partial charge is 0.501 e. The maximum absolute atomic E-state index is 9.74. The molecular weight excluding hydrogens is 272 g/mol. The van der Waals surface area contributed by atoms with Gasteiger partial charge in [-0.05, 0) is 23.9 Å². The number of aromatic nitrogens is 1. The number of aliphatic hydroxyl groups excluding tert-OH is 1. The normalized spacial score (nSPS) is 21.3. The summed E-state index contributed by atoms with van der Waals surface area (Å²) in [4.78, 5) is 0. The first-order valence-corrected chi connectivity index (χ1v) is 5.74. The highest BCUT2D eigenvalue weighted by Gasteiger charge is 2.40. The van der Waals surface area contributed by atoms with Crippen molar-refractivity contribution in [3.63, 3.8) is 0 Å². The first-order chi connectivity index (χ1) is 8.15. The lowest BCUT2D eigenvalue weighted by molar-refractivity contribution is 0.449. The van der Waals surface area contributed by atoms with Crippen LogP contribution in [0.5, 0.6) is 0 Å². The van der Waals surface area contributed by atoms with Gasteiger partial charge < -0.3 is 15.4 Å². The number of rotatable bonds is 0. The topological polar surface area (TPSA) is 98.8 Å². The Morgan fingerprint density at radius 1 is 1.56 bits per heavy atom. The Morgan fingerprint density at radius 2 is 2.28 bits per heavy atom. The number of nitriles is 1. The molecule has 1 aromatic rings. The Bertz CT molecular complexity index is 652. The average Bonchev–Trinajstić information content (AvgIpc) is 2.83. The lowest BCUT2D eigenvalue weighted by Crippen LogP contribution is -2.16. The summed E-state index contributed by atoms with van der Waals surface area (Å²) in [7, 11) is 0. The van der Waals surface area contributed by atoms with Crippen molar-refractivity contribution < 1.29 is 5.11 Å². The molecule has 1 aromatic heterocycles. The SMILES string of the molecule is Cl.N#CC1=C(O)SC(=N)C2=C(N)n3cccc3C12. The summed E-state index contributed by atoms with van der Waals surface area (Å²) in [6.45, 7) is 0. The maximum atomic E-state index is 9.74. The van der Waals surface area contributed by atoms with E-state index in [0.717, 1.165) is 17.5 Å². The van der Waals surface area contributed by atoms with E-state index in [1.54, 1.807) is 10.8 Å². The Morgan fingerprint density at radius 3 is 2.94 bits per heavy atom. The second-order valence-electron chi connectivity index (χ2n) is 3.80. The Kier molecular flexibility index (Phi) is 2.89. The van der Waals surface area contributed by atoms with Crippen LogP contribution in [-0.4, -0.2) is 14.7 Å². The third kappa shape index (κ3) is 1.38. The van der Waals surface area contributed by atoms with Crippen molar-refractivity contribution >= 4 is 35.0 Å². The molecule has 7 heteroatoms. The quantitative estimate of drug-likeness (QED) is 0.678. The monoisotopic (exact) mass is 280 g/mol. The van der Waals surface area contributed by atoms with Gasteiger partial charge in [-0.25, -0.2) is 0 Å². The molecular formula is C11H9ClN4OS. The van der Waals surface area contributed by atoms with Gasteiger partial charge in [0.1, 0.15) is 16.9 Å². The number of thioether (sulfide) groups is 1. The summed E-state index contributed by atoms with van der Waals surface area (Å²) < 4.78 is 1.76. The lowest BCUT2D eigenvalue weighted by atomic mass is 9.91. The molecule has 0 aliphatic carbocycles. The number of fused-ring (bicyclic) bond motifs is 3. The van der Waals surface area contributed by atoms with Crippen LogP contribution in [0.1, 0.15) is 11.6 Å². The summed E-state index contributed by atoms with van der Waals surface area (Å²) in [5, 5.41) is 26.8. The predicted molar refractivity (Wildman–Crippen MR) is 72.4 cm³/mol. The molecule has 3 heterocycles. The summed E-state index contributed by atoms with van der Waals surface area (Å²) in [5.74, 6) is 0.0662. The van der Waals surface area contributed by atoms with Crippen molar-refractivity contribution in [1.29, 1.82) is 10.7 Å². The number of nitrogens with one attached hydrogen (secondary N) is 1. The first kappa shape index (κ1) is 12.6. The lowest BCUT2D eigenvalue weighted by Gasteiger charge is -2.20. The molecule has 0 fully saturated rings. The van der Waals surface area contributed by atoms with Crippen molar-refractivity contribution in [3.05, 3.63) is 40.3 Å². The van der Waals surface area contributed by atoms with Crippen molar-refractivity contribution in [2.45, 2.75) is 5.92 Å². The number of aliphatic hydroxyl groups is 1. The van der Waals surface area contributed by atoms with Crippen LogP contribution in [0.25, 0.3) is 5.82 Å². The summed E-state index contributed by atoms with van der Waals surface area (Å²) in [6.07, 6.45) is 1.79. The molecule has 2 aliphatic heterocycles. The van der Waals surface area contributed by atoms with Crippen LogP contribution in [0.4, 0.5) is 0 Å². The van der Waals surface area contributed by atoms with Gasteiger partial charge in [-0.3, -0.25) is 5.41 Å². The molecule has 4 N–H and O–H groups in total. The first-order valence-electron chi connectivity index (χ1n) is 4.92. The van der Waals surface area contributed by atoms with E-state index in [1.165, 1.54) is 0 Å². The molecule has 2 aliphatic rings. The van der Waals surface area contributed by atoms with Gasteiger partial charge in [-0.1, -0.05) is 0 Å². The van der Waals surface area contributed by atoms with Crippen molar-refractivity contribution in [2.24, 2.45) is 5.73 Å². The number of hydrogen-bond acceptors (Lipinski definition) is 5. The number of nitrogens with zero attached hydrogens (tertiary/aromatic N) is 2. The van der Waals surface area contributed by atoms with Crippen LogP contribution in [-0.2, 0) is 0 Å². The van der Waals surface area contributed by atoms with Crippen LogP contribution in [0.3, 0.4) is 0 Å². The zero-order valence-corrected chi connectivity index (χ0v) is 10.7. The third-order valence-corrected chi connectivity index (χ3v) is 3.82. The van der Waals surface area contributed by atoms with Gasteiger partial charge in [0.05, 0.1) is 11.5 Å². The number of allylic oxidation sites excluding steroid dienone is 1.